The summed E-state index contributed by atoms with van der Waals surface area (Å²) in [4.78, 5) is 13.8. The van der Waals surface area contributed by atoms with Gasteiger partial charge in [-0.1, -0.05) is 20.8 Å². The van der Waals surface area contributed by atoms with Crippen molar-refractivity contribution < 1.29 is 4.79 Å². The fourth-order valence-electron chi connectivity index (χ4n) is 1.30. The van der Waals surface area contributed by atoms with E-state index in [2.05, 4.69) is 25.8 Å². The molecule has 0 aromatic carbocycles. The molecule has 0 radical (unpaired) electrons. The molecule has 13 heavy (non-hydrogen) atoms. The van der Waals surface area contributed by atoms with Gasteiger partial charge in [0.05, 0.1) is 0 Å². The zero-order chi connectivity index (χ0) is 10.6. The summed E-state index contributed by atoms with van der Waals surface area (Å²) in [5.41, 5.74) is 0. The molecule has 0 saturated heterocycles. The van der Waals surface area contributed by atoms with E-state index >= 15 is 0 Å². The van der Waals surface area contributed by atoms with E-state index in [4.69, 9.17) is 0 Å². The van der Waals surface area contributed by atoms with Crippen LogP contribution in [-0.4, -0.2) is 30.3 Å². The molecule has 0 aliphatic rings. The highest BCUT2D eigenvalue weighted by molar-refractivity contribution is 5.82. The van der Waals surface area contributed by atoms with Gasteiger partial charge in [0.25, 0.3) is 0 Å². The van der Waals surface area contributed by atoms with Gasteiger partial charge in [0.2, 0.25) is 0 Å². The van der Waals surface area contributed by atoms with Gasteiger partial charge in [-0.15, -0.1) is 0 Å². The molecule has 0 saturated carbocycles. The second-order valence-corrected chi connectivity index (χ2v) is 4.49. The number of Topliss-reactive ketones (excluding diaryl/α,β-unsaturated/α-hetero) is 1. The summed E-state index contributed by atoms with van der Waals surface area (Å²) < 4.78 is 0. The third-order valence-corrected chi connectivity index (χ3v) is 2.50. The first-order valence-corrected chi connectivity index (χ1v) is 5.10. The standard InChI is InChI=1S/C11H23NO/c1-8(2)11(13)10(5)7-12(6)9(3)4/h8-10H,7H2,1-6H3. The highest BCUT2D eigenvalue weighted by Gasteiger charge is 2.18. The molecule has 2 heteroatoms. The minimum absolute atomic E-state index is 0.160. The second kappa shape index (κ2) is 5.38. The average Bonchev–Trinajstić information content (AvgIpc) is 2.02. The van der Waals surface area contributed by atoms with Crippen LogP contribution in [0, 0.1) is 11.8 Å². The number of hydrogen-bond donors (Lipinski definition) is 0. The van der Waals surface area contributed by atoms with Crippen molar-refractivity contribution in [1.29, 1.82) is 0 Å². The summed E-state index contributed by atoms with van der Waals surface area (Å²) in [5.74, 6) is 0.690. The fourth-order valence-corrected chi connectivity index (χ4v) is 1.30. The first kappa shape index (κ1) is 12.6. The number of carbonyl (C=O) groups is 1. The van der Waals surface area contributed by atoms with Gasteiger partial charge in [-0.2, -0.15) is 0 Å². The van der Waals surface area contributed by atoms with Crippen molar-refractivity contribution in [3.63, 3.8) is 0 Å². The van der Waals surface area contributed by atoms with Gasteiger partial charge < -0.3 is 4.90 Å². The van der Waals surface area contributed by atoms with E-state index < -0.39 is 0 Å². The Morgan fingerprint density at radius 2 is 1.62 bits per heavy atom. The molecular weight excluding hydrogens is 162 g/mol. The maximum atomic E-state index is 11.6. The Kier molecular flexibility index (Phi) is 5.23. The van der Waals surface area contributed by atoms with Crippen molar-refractivity contribution in [1.82, 2.24) is 4.90 Å². The lowest BCUT2D eigenvalue weighted by molar-refractivity contribution is -0.125. The molecule has 0 bridgehead atoms. The van der Waals surface area contributed by atoms with Gasteiger partial charge in [-0.25, -0.2) is 0 Å². The smallest absolute Gasteiger partial charge is 0.139 e. The van der Waals surface area contributed by atoms with E-state index in [9.17, 15) is 4.79 Å². The van der Waals surface area contributed by atoms with Crippen LogP contribution in [0.15, 0.2) is 0 Å². The Morgan fingerprint density at radius 1 is 1.15 bits per heavy atom. The van der Waals surface area contributed by atoms with Crippen LogP contribution in [-0.2, 0) is 4.79 Å². The molecule has 1 unspecified atom stereocenters. The topological polar surface area (TPSA) is 20.3 Å². The summed E-state index contributed by atoms with van der Waals surface area (Å²) in [6.07, 6.45) is 0. The van der Waals surface area contributed by atoms with Gasteiger partial charge in [0.15, 0.2) is 0 Å². The van der Waals surface area contributed by atoms with Gasteiger partial charge >= 0.3 is 0 Å². The van der Waals surface area contributed by atoms with Crippen LogP contribution in [0.1, 0.15) is 34.6 Å². The normalized spacial score (nSPS) is 14.2. The Labute approximate surface area is 82.3 Å². The third-order valence-electron chi connectivity index (χ3n) is 2.50. The Morgan fingerprint density at radius 3 is 1.92 bits per heavy atom. The summed E-state index contributed by atoms with van der Waals surface area (Å²) in [6, 6.07) is 0.516. The molecule has 0 aliphatic heterocycles. The highest BCUT2D eigenvalue weighted by atomic mass is 16.1. The van der Waals surface area contributed by atoms with Crippen molar-refractivity contribution in [3.8, 4) is 0 Å². The fraction of sp³-hybridized carbons (Fsp3) is 0.909. The first-order valence-electron chi connectivity index (χ1n) is 5.10. The van der Waals surface area contributed by atoms with Crippen molar-refractivity contribution in [2.24, 2.45) is 11.8 Å². The molecule has 0 aromatic rings. The van der Waals surface area contributed by atoms with E-state index in [0.29, 0.717) is 11.8 Å². The summed E-state index contributed by atoms with van der Waals surface area (Å²) in [6.45, 7) is 11.1. The first-order chi connectivity index (χ1) is 5.86. The SMILES string of the molecule is CC(C)C(=O)C(C)CN(C)C(C)C. The zero-order valence-corrected chi connectivity index (χ0v) is 9.79. The van der Waals surface area contributed by atoms with Crippen molar-refractivity contribution in [2.45, 2.75) is 40.7 Å². The maximum Gasteiger partial charge on any atom is 0.139 e. The van der Waals surface area contributed by atoms with Crippen LogP contribution in [0.3, 0.4) is 0 Å². The number of carbonyl (C=O) groups excluding carboxylic acids is 1. The molecular formula is C11H23NO. The van der Waals surface area contributed by atoms with Crippen molar-refractivity contribution >= 4 is 5.78 Å². The minimum Gasteiger partial charge on any atom is -0.303 e. The van der Waals surface area contributed by atoms with Crippen molar-refractivity contribution in [2.75, 3.05) is 13.6 Å². The number of hydrogen-bond acceptors (Lipinski definition) is 2. The van der Waals surface area contributed by atoms with Gasteiger partial charge in [-0.3, -0.25) is 4.79 Å². The zero-order valence-electron chi connectivity index (χ0n) is 9.79. The van der Waals surface area contributed by atoms with Gasteiger partial charge in [0, 0.05) is 24.4 Å². The second-order valence-electron chi connectivity index (χ2n) is 4.49. The van der Waals surface area contributed by atoms with E-state index in [-0.39, 0.29) is 11.8 Å². The lowest BCUT2D eigenvalue weighted by atomic mass is 9.96. The van der Waals surface area contributed by atoms with E-state index in [1.807, 2.05) is 20.8 Å². The summed E-state index contributed by atoms with van der Waals surface area (Å²) in [7, 11) is 2.06. The minimum atomic E-state index is 0.160. The highest BCUT2D eigenvalue weighted by Crippen LogP contribution is 2.08. The predicted octanol–water partition coefficient (Wildman–Crippen LogP) is 2.19. The largest absolute Gasteiger partial charge is 0.303 e. The lowest BCUT2D eigenvalue weighted by Crippen LogP contribution is -2.34. The molecule has 0 fully saturated rings. The van der Waals surface area contributed by atoms with Crippen LogP contribution in [0.4, 0.5) is 0 Å². The van der Waals surface area contributed by atoms with Crippen LogP contribution < -0.4 is 0 Å². The maximum absolute atomic E-state index is 11.6. The van der Waals surface area contributed by atoms with Crippen LogP contribution in [0.25, 0.3) is 0 Å². The molecule has 1 atom stereocenters. The molecule has 78 valence electrons. The number of rotatable bonds is 5. The lowest BCUT2D eigenvalue weighted by Gasteiger charge is -2.24. The van der Waals surface area contributed by atoms with Gasteiger partial charge in [-0.05, 0) is 20.9 Å². The van der Waals surface area contributed by atoms with E-state index in [1.165, 1.54) is 0 Å². The Bertz CT molecular complexity index is 163. The molecule has 0 spiro atoms. The summed E-state index contributed by atoms with van der Waals surface area (Å²) >= 11 is 0. The van der Waals surface area contributed by atoms with Crippen LogP contribution in [0.2, 0.25) is 0 Å². The average molecular weight is 185 g/mol. The molecule has 2 nitrogen and oxygen atoms in total. The molecule has 0 N–H and O–H groups in total. The third kappa shape index (κ3) is 4.41. The quantitative estimate of drug-likeness (QED) is 0.654. The Balaban J connectivity index is 4.00. The summed E-state index contributed by atoms with van der Waals surface area (Å²) in [5, 5.41) is 0. The molecule has 0 aromatic heterocycles. The molecule has 0 rings (SSSR count). The van der Waals surface area contributed by atoms with Crippen molar-refractivity contribution in [3.05, 3.63) is 0 Å². The number of nitrogens with zero attached hydrogens (tertiary/aromatic N) is 1. The number of ketones is 1. The molecule has 0 aliphatic carbocycles. The van der Waals surface area contributed by atoms with E-state index in [1.54, 1.807) is 0 Å². The predicted molar refractivity (Wildman–Crippen MR) is 56.8 cm³/mol. The monoisotopic (exact) mass is 185 g/mol. The van der Waals surface area contributed by atoms with Crippen LogP contribution >= 0.6 is 0 Å². The van der Waals surface area contributed by atoms with E-state index in [0.717, 1.165) is 6.54 Å². The van der Waals surface area contributed by atoms with Crippen LogP contribution in [0.5, 0.6) is 0 Å². The molecule has 0 amide bonds. The molecule has 0 heterocycles. The Hall–Kier alpha value is -0.370. The van der Waals surface area contributed by atoms with Gasteiger partial charge in [0.1, 0.15) is 5.78 Å².